The molecule has 0 bridgehead atoms. The molecule has 6 nitrogen and oxygen atoms in total. The van der Waals surface area contributed by atoms with E-state index in [1.54, 1.807) is 0 Å². The molecule has 0 fully saturated rings. The molecule has 0 radical (unpaired) electrons. The molecule has 1 N–H and O–H groups in total. The highest BCUT2D eigenvalue weighted by Crippen LogP contribution is 2.13. The van der Waals surface area contributed by atoms with Gasteiger partial charge in [0.25, 0.3) is 11.6 Å². The quantitative estimate of drug-likeness (QED) is 0.523. The van der Waals surface area contributed by atoms with E-state index in [9.17, 15) is 14.9 Å². The molecule has 0 aromatic heterocycles. The first-order valence-electron chi connectivity index (χ1n) is 5.90. The molecule has 0 aliphatic heterocycles. The van der Waals surface area contributed by atoms with Crippen molar-refractivity contribution in [1.29, 1.82) is 0 Å². The van der Waals surface area contributed by atoms with Gasteiger partial charge in [0.2, 0.25) is 0 Å². The standard InChI is InChI=1S/C14H10BrN3O3/c15-12-6-4-10(5-7-12)9-16-17-14(19)11-2-1-3-13(8-11)18(20)21/h1-9H,(H,17,19)/b16-9-. The van der Waals surface area contributed by atoms with Gasteiger partial charge in [-0.05, 0) is 23.8 Å². The zero-order valence-corrected chi connectivity index (χ0v) is 12.3. The minimum absolute atomic E-state index is 0.139. The number of halogens is 1. The number of nitrogens with one attached hydrogen (secondary N) is 1. The van der Waals surface area contributed by atoms with Gasteiger partial charge in [0.15, 0.2) is 0 Å². The third-order valence-corrected chi connectivity index (χ3v) is 3.10. The van der Waals surface area contributed by atoms with Crippen molar-refractivity contribution in [3.63, 3.8) is 0 Å². The number of hydrogen-bond acceptors (Lipinski definition) is 4. The fraction of sp³-hybridized carbons (Fsp3) is 0. The summed E-state index contributed by atoms with van der Waals surface area (Å²) in [5.41, 5.74) is 3.18. The summed E-state index contributed by atoms with van der Waals surface area (Å²) >= 11 is 3.32. The third-order valence-electron chi connectivity index (χ3n) is 2.57. The van der Waals surface area contributed by atoms with Gasteiger partial charge >= 0.3 is 0 Å². The smallest absolute Gasteiger partial charge is 0.267 e. The second-order valence-electron chi connectivity index (χ2n) is 4.06. The molecule has 0 aliphatic rings. The Kier molecular flexibility index (Phi) is 4.78. The Hall–Kier alpha value is -2.54. The van der Waals surface area contributed by atoms with Crippen molar-refractivity contribution in [3.8, 4) is 0 Å². The van der Waals surface area contributed by atoms with E-state index < -0.39 is 10.8 Å². The largest absolute Gasteiger partial charge is 0.271 e. The van der Waals surface area contributed by atoms with Crippen LogP contribution in [0, 0.1) is 10.1 Å². The predicted molar refractivity (Wildman–Crippen MR) is 82.3 cm³/mol. The summed E-state index contributed by atoms with van der Waals surface area (Å²) in [5, 5.41) is 14.5. The van der Waals surface area contributed by atoms with Crippen LogP contribution in [0.2, 0.25) is 0 Å². The molecule has 0 saturated heterocycles. The Bertz CT molecular complexity index is 699. The van der Waals surface area contributed by atoms with Crippen molar-refractivity contribution in [3.05, 3.63) is 74.2 Å². The Morgan fingerprint density at radius 2 is 1.95 bits per heavy atom. The fourth-order valence-corrected chi connectivity index (χ4v) is 1.80. The number of carbonyl (C=O) groups excluding carboxylic acids is 1. The van der Waals surface area contributed by atoms with Gasteiger partial charge in [-0.15, -0.1) is 0 Å². The number of non-ortho nitro benzene ring substituents is 1. The highest BCUT2D eigenvalue weighted by molar-refractivity contribution is 9.10. The van der Waals surface area contributed by atoms with Crippen LogP contribution in [0.5, 0.6) is 0 Å². The maximum atomic E-state index is 11.8. The first kappa shape index (κ1) is 14.9. The molecule has 0 unspecified atom stereocenters. The normalized spacial score (nSPS) is 10.5. The molecular formula is C14H10BrN3O3. The molecule has 1 amide bonds. The first-order valence-corrected chi connectivity index (χ1v) is 6.69. The average Bonchev–Trinajstić information content (AvgIpc) is 2.49. The minimum atomic E-state index is -0.554. The second kappa shape index (κ2) is 6.76. The monoisotopic (exact) mass is 347 g/mol. The van der Waals surface area contributed by atoms with Gasteiger partial charge in [-0.2, -0.15) is 5.10 Å². The van der Waals surface area contributed by atoms with E-state index in [4.69, 9.17) is 0 Å². The molecule has 0 saturated carbocycles. The number of benzene rings is 2. The van der Waals surface area contributed by atoms with Gasteiger partial charge in [0, 0.05) is 22.2 Å². The molecular weight excluding hydrogens is 338 g/mol. The number of hydrazone groups is 1. The van der Waals surface area contributed by atoms with E-state index in [-0.39, 0.29) is 11.3 Å². The Balaban J connectivity index is 2.03. The summed E-state index contributed by atoms with van der Waals surface area (Å²) in [6.45, 7) is 0. The minimum Gasteiger partial charge on any atom is -0.267 e. The van der Waals surface area contributed by atoms with E-state index in [0.29, 0.717) is 0 Å². The maximum absolute atomic E-state index is 11.8. The maximum Gasteiger partial charge on any atom is 0.271 e. The van der Waals surface area contributed by atoms with E-state index in [1.165, 1.54) is 30.5 Å². The summed E-state index contributed by atoms with van der Waals surface area (Å²) < 4.78 is 0.945. The number of carbonyl (C=O) groups is 1. The van der Waals surface area contributed by atoms with E-state index in [0.717, 1.165) is 10.0 Å². The summed E-state index contributed by atoms with van der Waals surface area (Å²) in [7, 11) is 0. The molecule has 21 heavy (non-hydrogen) atoms. The lowest BCUT2D eigenvalue weighted by molar-refractivity contribution is -0.384. The van der Waals surface area contributed by atoms with Crippen molar-refractivity contribution < 1.29 is 9.72 Å². The van der Waals surface area contributed by atoms with Crippen LogP contribution in [0.25, 0.3) is 0 Å². The molecule has 2 aromatic rings. The molecule has 2 aromatic carbocycles. The SMILES string of the molecule is O=C(N/N=C\c1ccc(Br)cc1)c1cccc([N+](=O)[O-])c1. The van der Waals surface area contributed by atoms with Crippen molar-refractivity contribution in [2.24, 2.45) is 5.10 Å². The van der Waals surface area contributed by atoms with E-state index >= 15 is 0 Å². The molecule has 0 atom stereocenters. The Morgan fingerprint density at radius 1 is 1.24 bits per heavy atom. The molecule has 0 aliphatic carbocycles. The first-order chi connectivity index (χ1) is 10.1. The number of hydrogen-bond donors (Lipinski definition) is 1. The van der Waals surface area contributed by atoms with Crippen LogP contribution in [0.1, 0.15) is 15.9 Å². The van der Waals surface area contributed by atoms with Crippen molar-refractivity contribution >= 4 is 33.7 Å². The second-order valence-corrected chi connectivity index (χ2v) is 4.97. The van der Waals surface area contributed by atoms with Crippen LogP contribution >= 0.6 is 15.9 Å². The lowest BCUT2D eigenvalue weighted by Gasteiger charge is -1.99. The van der Waals surface area contributed by atoms with Gasteiger partial charge in [-0.3, -0.25) is 14.9 Å². The highest BCUT2D eigenvalue weighted by Gasteiger charge is 2.10. The Morgan fingerprint density at radius 3 is 2.62 bits per heavy atom. The number of nitro benzene ring substituents is 1. The van der Waals surface area contributed by atoms with Gasteiger partial charge < -0.3 is 0 Å². The van der Waals surface area contributed by atoms with Gasteiger partial charge in [0.1, 0.15) is 0 Å². The van der Waals surface area contributed by atoms with Crippen molar-refractivity contribution in [2.75, 3.05) is 0 Å². The predicted octanol–water partition coefficient (Wildman–Crippen LogP) is 3.12. The van der Waals surface area contributed by atoms with Crippen LogP contribution in [-0.2, 0) is 0 Å². The van der Waals surface area contributed by atoms with Crippen LogP contribution in [0.15, 0.2) is 58.1 Å². The van der Waals surface area contributed by atoms with Crippen LogP contribution in [-0.4, -0.2) is 17.0 Å². The highest BCUT2D eigenvalue weighted by atomic mass is 79.9. The summed E-state index contributed by atoms with van der Waals surface area (Å²) in [4.78, 5) is 21.9. The Labute approximate surface area is 128 Å². The lowest BCUT2D eigenvalue weighted by atomic mass is 10.2. The molecule has 2 rings (SSSR count). The zero-order valence-electron chi connectivity index (χ0n) is 10.7. The summed E-state index contributed by atoms with van der Waals surface area (Å²) in [6, 6.07) is 12.8. The third kappa shape index (κ3) is 4.22. The number of nitro groups is 1. The van der Waals surface area contributed by atoms with E-state index in [2.05, 4.69) is 26.5 Å². The molecule has 0 spiro atoms. The summed E-state index contributed by atoms with van der Waals surface area (Å²) in [5.74, 6) is -0.507. The fourth-order valence-electron chi connectivity index (χ4n) is 1.54. The molecule has 0 heterocycles. The molecule has 7 heteroatoms. The number of rotatable bonds is 4. The van der Waals surface area contributed by atoms with Gasteiger partial charge in [-0.25, -0.2) is 5.43 Å². The molecule has 106 valence electrons. The van der Waals surface area contributed by atoms with Crippen LogP contribution in [0.3, 0.4) is 0 Å². The summed E-state index contributed by atoms with van der Waals surface area (Å²) in [6.07, 6.45) is 1.49. The van der Waals surface area contributed by atoms with Gasteiger partial charge in [-0.1, -0.05) is 34.1 Å². The lowest BCUT2D eigenvalue weighted by Crippen LogP contribution is -2.17. The van der Waals surface area contributed by atoms with Crippen molar-refractivity contribution in [2.45, 2.75) is 0 Å². The van der Waals surface area contributed by atoms with Crippen molar-refractivity contribution in [1.82, 2.24) is 5.43 Å². The zero-order chi connectivity index (χ0) is 15.2. The topological polar surface area (TPSA) is 84.6 Å². The van der Waals surface area contributed by atoms with Crippen LogP contribution in [0.4, 0.5) is 5.69 Å². The van der Waals surface area contributed by atoms with Crippen LogP contribution < -0.4 is 5.43 Å². The van der Waals surface area contributed by atoms with Gasteiger partial charge in [0.05, 0.1) is 11.1 Å². The average molecular weight is 348 g/mol. The number of nitrogens with zero attached hydrogens (tertiary/aromatic N) is 2. The van der Waals surface area contributed by atoms with E-state index in [1.807, 2.05) is 24.3 Å². The number of amides is 1.